The summed E-state index contributed by atoms with van der Waals surface area (Å²) < 4.78 is 22.1. The van der Waals surface area contributed by atoms with Crippen molar-refractivity contribution < 1.29 is 38.0 Å². The van der Waals surface area contributed by atoms with Gasteiger partial charge in [-0.3, -0.25) is 9.36 Å². The van der Waals surface area contributed by atoms with Crippen LogP contribution < -0.4 is 4.89 Å². The molecule has 8 nitrogen and oxygen atoms in total. The number of likely N-dealkylation sites (N-methyl/N-ethyl adjacent to an activating group) is 1. The number of ketones is 1. The third-order valence-corrected chi connectivity index (χ3v) is 6.22. The summed E-state index contributed by atoms with van der Waals surface area (Å²) in [6.45, 7) is 1.19. The second-order valence-electron chi connectivity index (χ2n) is 9.75. The number of quaternary nitrogens is 1. The topological polar surface area (TPSA) is 116 Å². The highest BCUT2D eigenvalue weighted by atomic mass is 31.2. The summed E-state index contributed by atoms with van der Waals surface area (Å²) in [6.07, 6.45) is 12.1. The van der Waals surface area contributed by atoms with E-state index in [9.17, 15) is 19.4 Å². The van der Waals surface area contributed by atoms with Crippen LogP contribution in [0.4, 0.5) is 0 Å². The molecule has 0 fully saturated rings. The molecule has 0 aliphatic rings. The maximum Gasteiger partial charge on any atom is 0.268 e. The summed E-state index contributed by atoms with van der Waals surface area (Å²) in [7, 11) is 0.763. The normalized spacial score (nSPS) is 16.0. The van der Waals surface area contributed by atoms with Crippen LogP contribution >= 0.6 is 7.82 Å². The Bertz CT molecular complexity index is 525. The van der Waals surface area contributed by atoms with Crippen LogP contribution in [0.2, 0.25) is 0 Å². The van der Waals surface area contributed by atoms with Gasteiger partial charge in [0.05, 0.1) is 34.4 Å². The molecule has 0 aromatic rings. The molecule has 9 heteroatoms. The molecule has 0 aromatic carbocycles. The van der Waals surface area contributed by atoms with Gasteiger partial charge < -0.3 is 28.6 Å². The van der Waals surface area contributed by atoms with Crippen molar-refractivity contribution >= 4 is 13.6 Å². The Labute approximate surface area is 195 Å². The highest BCUT2D eigenvalue weighted by Crippen LogP contribution is 2.40. The van der Waals surface area contributed by atoms with E-state index in [4.69, 9.17) is 9.63 Å². The van der Waals surface area contributed by atoms with Gasteiger partial charge in [-0.1, -0.05) is 77.6 Å². The average Bonchev–Trinajstić information content (AvgIpc) is 2.71. The third kappa shape index (κ3) is 19.2. The fourth-order valence-corrected chi connectivity index (χ4v) is 4.32. The number of unbranched alkanes of at least 4 members (excludes halogenated alkanes) is 11. The van der Waals surface area contributed by atoms with Crippen LogP contribution in [0.3, 0.4) is 0 Å². The Hall–Kier alpha value is -0.340. The van der Waals surface area contributed by atoms with Crippen molar-refractivity contribution in [2.24, 2.45) is 0 Å². The van der Waals surface area contributed by atoms with Gasteiger partial charge in [-0.25, -0.2) is 0 Å². The van der Waals surface area contributed by atoms with Crippen molar-refractivity contribution in [2.45, 2.75) is 103 Å². The van der Waals surface area contributed by atoms with Crippen LogP contribution in [0, 0.1) is 0 Å². The summed E-state index contributed by atoms with van der Waals surface area (Å²) in [5, 5.41) is 18.0. The molecule has 0 aliphatic carbocycles. The first-order valence-corrected chi connectivity index (χ1v) is 13.7. The molecule has 0 saturated heterocycles. The summed E-state index contributed by atoms with van der Waals surface area (Å²) >= 11 is 0. The second kappa shape index (κ2) is 18.0. The smallest absolute Gasteiger partial charge is 0.268 e. The van der Waals surface area contributed by atoms with Crippen molar-refractivity contribution in [3.63, 3.8) is 0 Å². The number of phosphoric acid groups is 1. The summed E-state index contributed by atoms with van der Waals surface area (Å²) in [4.78, 5) is 24.7. The molecule has 192 valence electrons. The van der Waals surface area contributed by atoms with Gasteiger partial charge in [-0.15, -0.1) is 0 Å². The lowest BCUT2D eigenvalue weighted by molar-refractivity contribution is -0.872. The Morgan fingerprint density at radius 2 is 1.41 bits per heavy atom. The molecule has 0 heterocycles. The minimum absolute atomic E-state index is 0.190. The predicted octanol–water partition coefficient (Wildman–Crippen LogP) is 3.58. The van der Waals surface area contributed by atoms with Crippen molar-refractivity contribution in [1.29, 1.82) is 0 Å². The van der Waals surface area contributed by atoms with Crippen LogP contribution in [0.15, 0.2) is 0 Å². The van der Waals surface area contributed by atoms with E-state index < -0.39 is 33.2 Å². The SMILES string of the molecule is CCCCCCCCCCCCCCC(=O)C(C[N+](C)(C)C)OP(=O)([O-])OC[C@H](O)CO. The molecule has 32 heavy (non-hydrogen) atoms. The first kappa shape index (κ1) is 31.7. The van der Waals surface area contributed by atoms with E-state index >= 15 is 0 Å². The number of hydrogen-bond donors (Lipinski definition) is 2. The molecular formula is C23H48NO7P. The number of hydrogen-bond acceptors (Lipinski definition) is 7. The monoisotopic (exact) mass is 481 g/mol. The standard InChI is InChI=1S/C23H48NO7P/c1-5-6-7-8-9-10-11-12-13-14-15-16-17-22(27)23(18-24(2,3)4)31-32(28,29)30-20-21(26)19-25/h21,23,25-26H,5-20H2,1-4H3/t21-,23?/m1/s1. The second-order valence-corrected chi connectivity index (χ2v) is 11.1. The van der Waals surface area contributed by atoms with Gasteiger partial charge in [0.15, 0.2) is 11.9 Å². The quantitative estimate of drug-likeness (QED) is 0.138. The number of Topliss-reactive ketones (excluding diaryl/α,β-unsaturated/α-hetero) is 1. The van der Waals surface area contributed by atoms with Gasteiger partial charge in [0.25, 0.3) is 7.82 Å². The highest BCUT2D eigenvalue weighted by Gasteiger charge is 2.30. The molecule has 2 N–H and O–H groups in total. The molecule has 0 spiro atoms. The van der Waals surface area contributed by atoms with Crippen LogP contribution in [0.25, 0.3) is 0 Å². The maximum absolute atomic E-state index is 12.6. The Kier molecular flexibility index (Phi) is 17.9. The van der Waals surface area contributed by atoms with Crippen molar-refractivity contribution in [2.75, 3.05) is 40.9 Å². The molecule has 0 saturated carbocycles. The Morgan fingerprint density at radius 3 is 1.84 bits per heavy atom. The van der Waals surface area contributed by atoms with E-state index in [1.54, 1.807) is 0 Å². The van der Waals surface area contributed by atoms with Crippen molar-refractivity contribution in [1.82, 2.24) is 0 Å². The van der Waals surface area contributed by atoms with Gasteiger partial charge in [-0.2, -0.15) is 0 Å². The van der Waals surface area contributed by atoms with Crippen LogP contribution in [0.5, 0.6) is 0 Å². The zero-order valence-electron chi connectivity index (χ0n) is 20.8. The third-order valence-electron chi connectivity index (χ3n) is 5.24. The van der Waals surface area contributed by atoms with E-state index in [1.807, 2.05) is 21.1 Å². The number of nitrogens with zero attached hydrogens (tertiary/aromatic N) is 1. The zero-order chi connectivity index (χ0) is 24.5. The maximum atomic E-state index is 12.6. The first-order valence-electron chi connectivity index (χ1n) is 12.3. The molecule has 0 bridgehead atoms. The molecule has 0 aromatic heterocycles. The average molecular weight is 482 g/mol. The van der Waals surface area contributed by atoms with Crippen molar-refractivity contribution in [3.8, 4) is 0 Å². The minimum Gasteiger partial charge on any atom is -0.756 e. The van der Waals surface area contributed by atoms with Gasteiger partial charge in [0.1, 0.15) is 12.6 Å². The lowest BCUT2D eigenvalue weighted by atomic mass is 10.0. The summed E-state index contributed by atoms with van der Waals surface area (Å²) in [5.74, 6) is -0.257. The number of aliphatic hydroxyl groups is 2. The molecule has 0 radical (unpaired) electrons. The van der Waals surface area contributed by atoms with E-state index in [1.165, 1.54) is 57.8 Å². The molecule has 3 atom stereocenters. The summed E-state index contributed by atoms with van der Waals surface area (Å²) in [5.41, 5.74) is 0. The van der Waals surface area contributed by atoms with Crippen LogP contribution in [-0.2, 0) is 18.4 Å². The number of carbonyl (C=O) groups excluding carboxylic acids is 1. The fourth-order valence-electron chi connectivity index (χ4n) is 3.41. The number of rotatable bonds is 22. The van der Waals surface area contributed by atoms with Crippen LogP contribution in [0.1, 0.15) is 90.4 Å². The molecule has 2 unspecified atom stereocenters. The van der Waals surface area contributed by atoms with E-state index in [-0.39, 0.29) is 18.7 Å². The van der Waals surface area contributed by atoms with Crippen molar-refractivity contribution in [3.05, 3.63) is 0 Å². The lowest BCUT2D eigenvalue weighted by Gasteiger charge is -2.32. The first-order chi connectivity index (χ1) is 15.0. The molecule has 0 aliphatic heterocycles. The minimum atomic E-state index is -4.78. The highest BCUT2D eigenvalue weighted by molar-refractivity contribution is 7.45. The van der Waals surface area contributed by atoms with Gasteiger partial charge >= 0.3 is 0 Å². The molecule has 0 amide bonds. The molecular weight excluding hydrogens is 433 g/mol. The number of aliphatic hydroxyl groups excluding tert-OH is 2. The van der Waals surface area contributed by atoms with E-state index in [0.717, 1.165) is 12.8 Å². The van der Waals surface area contributed by atoms with Crippen LogP contribution in [-0.4, -0.2) is 73.6 Å². The number of phosphoric ester groups is 1. The fraction of sp³-hybridized carbons (Fsp3) is 0.957. The van der Waals surface area contributed by atoms with E-state index in [0.29, 0.717) is 10.9 Å². The number of carbonyl (C=O) groups is 1. The van der Waals surface area contributed by atoms with Gasteiger partial charge in [-0.05, 0) is 6.42 Å². The zero-order valence-corrected chi connectivity index (χ0v) is 21.7. The Morgan fingerprint density at radius 1 is 0.938 bits per heavy atom. The van der Waals surface area contributed by atoms with Gasteiger partial charge in [0.2, 0.25) is 0 Å². The van der Waals surface area contributed by atoms with Gasteiger partial charge in [0, 0.05) is 6.42 Å². The largest absolute Gasteiger partial charge is 0.756 e. The summed E-state index contributed by atoms with van der Waals surface area (Å²) in [6, 6.07) is 0. The predicted molar refractivity (Wildman–Crippen MR) is 125 cm³/mol. The molecule has 0 rings (SSSR count). The lowest BCUT2D eigenvalue weighted by Crippen LogP contribution is -2.45. The Balaban J connectivity index is 4.22. The van der Waals surface area contributed by atoms with E-state index in [2.05, 4.69) is 11.4 Å².